The highest BCUT2D eigenvalue weighted by atomic mass is 19.4. The number of methoxy groups -OCH3 is 6. The number of benzene rings is 4. The molecule has 4 heterocycles. The van der Waals surface area contributed by atoms with Crippen molar-refractivity contribution in [3.63, 3.8) is 0 Å². The Bertz CT molecular complexity index is 2420. The van der Waals surface area contributed by atoms with E-state index in [1.54, 1.807) is 40.6 Å². The van der Waals surface area contributed by atoms with E-state index in [9.17, 15) is 35.9 Å². The highest BCUT2D eigenvalue weighted by molar-refractivity contribution is 5.83. The molecule has 4 aromatic rings. The van der Waals surface area contributed by atoms with E-state index < -0.39 is 47.7 Å². The Balaban J connectivity index is 0.000000221. The van der Waals surface area contributed by atoms with Gasteiger partial charge in [0.25, 0.3) is 11.2 Å². The van der Waals surface area contributed by atoms with Crippen LogP contribution in [0.4, 0.5) is 26.3 Å². The van der Waals surface area contributed by atoms with Crippen LogP contribution in [-0.2, 0) is 52.6 Å². The molecule has 0 radical (unpaired) electrons. The molecule has 0 aliphatic carbocycles. The fourth-order valence-corrected chi connectivity index (χ4v) is 12.0. The standard InChI is InChI=1S/2C29H36F3NO5/c2*1-18(2)13-20-17-33-12-11-19-14-25(35-3)26(36-4)15-22(19)23(33)16-24(20)38-27(34)28(37-5,29(30,31)32)21-9-7-6-8-10-21/h2*6-10,14-15,18,20,23-24H,11-13,16-17H2,1-5H3/t20-,23+,24-,28+;20-,23+,24-,28-/m01/s1. The predicted octanol–water partition coefficient (Wildman–Crippen LogP) is 11.4. The molecule has 0 saturated carbocycles. The van der Waals surface area contributed by atoms with Gasteiger partial charge in [0.2, 0.25) is 0 Å². The van der Waals surface area contributed by atoms with Gasteiger partial charge in [-0.25, -0.2) is 9.59 Å². The van der Waals surface area contributed by atoms with Gasteiger partial charge in [0.05, 0.1) is 28.4 Å². The molecule has 0 aromatic heterocycles. The van der Waals surface area contributed by atoms with Gasteiger partial charge in [0.1, 0.15) is 12.2 Å². The van der Waals surface area contributed by atoms with Crippen LogP contribution in [0.15, 0.2) is 84.9 Å². The van der Waals surface area contributed by atoms with E-state index in [0.717, 1.165) is 75.2 Å². The molecule has 0 unspecified atom stereocenters. The molecule has 0 N–H and O–H groups in total. The van der Waals surface area contributed by atoms with Crippen molar-refractivity contribution < 1.29 is 73.8 Å². The highest BCUT2D eigenvalue weighted by Gasteiger charge is 2.66. The molecule has 76 heavy (non-hydrogen) atoms. The van der Waals surface area contributed by atoms with E-state index in [2.05, 4.69) is 37.5 Å². The van der Waals surface area contributed by atoms with Crippen LogP contribution < -0.4 is 18.9 Å². The number of hydrogen-bond acceptors (Lipinski definition) is 12. The zero-order chi connectivity index (χ0) is 55.3. The lowest BCUT2D eigenvalue weighted by Crippen LogP contribution is -2.55. The monoisotopic (exact) mass is 1070 g/mol. The first-order valence-corrected chi connectivity index (χ1v) is 25.9. The Morgan fingerprint density at radius 2 is 0.855 bits per heavy atom. The first-order chi connectivity index (χ1) is 36.1. The maximum absolute atomic E-state index is 14.5. The zero-order valence-electron chi connectivity index (χ0n) is 45.0. The van der Waals surface area contributed by atoms with Gasteiger partial charge in [0.15, 0.2) is 23.0 Å². The van der Waals surface area contributed by atoms with Gasteiger partial charge in [-0.15, -0.1) is 0 Å². The lowest BCUT2D eigenvalue weighted by molar-refractivity contribution is -0.280. The van der Waals surface area contributed by atoms with Gasteiger partial charge in [-0.1, -0.05) is 88.4 Å². The molecule has 2 saturated heterocycles. The van der Waals surface area contributed by atoms with Crippen molar-refractivity contribution in [3.05, 3.63) is 118 Å². The van der Waals surface area contributed by atoms with Gasteiger partial charge < -0.3 is 37.9 Å². The number of halogens is 6. The predicted molar refractivity (Wildman–Crippen MR) is 272 cm³/mol. The summed E-state index contributed by atoms with van der Waals surface area (Å²) in [4.78, 5) is 31.7. The summed E-state index contributed by atoms with van der Waals surface area (Å²) in [6.07, 6.45) is -7.65. The molecule has 0 amide bonds. The van der Waals surface area contributed by atoms with Crippen molar-refractivity contribution in [3.8, 4) is 23.0 Å². The molecule has 416 valence electrons. The summed E-state index contributed by atoms with van der Waals surface area (Å²) >= 11 is 0. The van der Waals surface area contributed by atoms with Crippen molar-refractivity contribution in [2.24, 2.45) is 23.7 Å². The SMILES string of the molecule is COc1cc2c(cc1OC)[C@@H]1C[C@@H](OC(=O)[C@](OC)(c3ccccc3)C(F)(F)F)[C@H](CC(C)C)CN1CC2.COc1cc2c(cc1OC)[C@H]1C[C@H](OC(=O)[C@](OC)(c3ccccc3)C(F)(F)F)[C@@H](CC(C)C)CN1CC2. The first-order valence-electron chi connectivity index (χ1n) is 25.9. The van der Waals surface area contributed by atoms with Gasteiger partial charge in [-0.3, -0.25) is 9.80 Å². The number of carbonyl (C=O) groups is 2. The number of hydrogen-bond donors (Lipinski definition) is 0. The van der Waals surface area contributed by atoms with Crippen LogP contribution in [0, 0.1) is 23.7 Å². The second kappa shape index (κ2) is 24.0. The summed E-state index contributed by atoms with van der Waals surface area (Å²) in [5, 5.41) is 0. The minimum absolute atomic E-state index is 0.115. The summed E-state index contributed by atoms with van der Waals surface area (Å²) in [5.41, 5.74) is -2.80. The number of rotatable bonds is 16. The van der Waals surface area contributed by atoms with Crippen molar-refractivity contribution in [1.82, 2.24) is 9.80 Å². The molecule has 4 aliphatic rings. The largest absolute Gasteiger partial charge is 0.493 e. The molecular formula is C58H72F6N2O10. The lowest BCUT2D eigenvalue weighted by atomic mass is 9.79. The number of fused-ring (bicyclic) bond motifs is 6. The third-order valence-corrected chi connectivity index (χ3v) is 15.5. The number of carbonyl (C=O) groups excluding carboxylic acids is 2. The summed E-state index contributed by atoms with van der Waals surface area (Å²) < 4.78 is 131. The third kappa shape index (κ3) is 11.5. The minimum atomic E-state index is -5.02. The van der Waals surface area contributed by atoms with Gasteiger partial charge in [-0.2, -0.15) is 26.3 Å². The molecule has 0 bridgehead atoms. The molecule has 12 nitrogen and oxygen atoms in total. The molecule has 4 aliphatic heterocycles. The Kier molecular flexibility index (Phi) is 18.3. The van der Waals surface area contributed by atoms with E-state index in [1.165, 1.54) is 48.5 Å². The number of nitrogens with zero attached hydrogens (tertiary/aromatic N) is 2. The normalized spacial score (nSPS) is 23.2. The van der Waals surface area contributed by atoms with Crippen molar-refractivity contribution >= 4 is 11.9 Å². The second-order valence-corrected chi connectivity index (χ2v) is 21.0. The van der Waals surface area contributed by atoms with E-state index in [1.807, 2.05) is 24.3 Å². The molecule has 8 rings (SSSR count). The van der Waals surface area contributed by atoms with E-state index in [-0.39, 0.29) is 46.9 Å². The molecule has 0 spiro atoms. The van der Waals surface area contributed by atoms with Crippen LogP contribution in [-0.4, -0.2) is 115 Å². The maximum Gasteiger partial charge on any atom is 0.432 e. The number of alkyl halides is 6. The van der Waals surface area contributed by atoms with Crippen molar-refractivity contribution in [2.75, 3.05) is 68.8 Å². The molecule has 4 aromatic carbocycles. The Hall–Kier alpha value is -5.56. The first kappa shape index (κ1) is 58.1. The van der Waals surface area contributed by atoms with Crippen LogP contribution in [0.1, 0.15) is 98.8 Å². The highest BCUT2D eigenvalue weighted by Crippen LogP contribution is 2.50. The summed E-state index contributed by atoms with van der Waals surface area (Å²) in [6, 6.07) is 21.5. The van der Waals surface area contributed by atoms with Crippen molar-refractivity contribution in [1.29, 1.82) is 0 Å². The quantitative estimate of drug-likeness (QED) is 0.0786. The van der Waals surface area contributed by atoms with Crippen LogP contribution in [0.2, 0.25) is 0 Å². The topological polar surface area (TPSA) is 114 Å². The van der Waals surface area contributed by atoms with Gasteiger partial charge in [-0.05, 0) is 84.0 Å². The van der Waals surface area contributed by atoms with E-state index >= 15 is 0 Å². The van der Waals surface area contributed by atoms with E-state index in [0.29, 0.717) is 48.9 Å². The van der Waals surface area contributed by atoms with Crippen molar-refractivity contribution in [2.45, 2.75) is 114 Å². The summed E-state index contributed by atoms with van der Waals surface area (Å²) in [7, 11) is 8.10. The van der Waals surface area contributed by atoms with Gasteiger partial charge in [0, 0.05) is 88.3 Å². The van der Waals surface area contributed by atoms with Crippen LogP contribution in [0.3, 0.4) is 0 Å². The smallest absolute Gasteiger partial charge is 0.432 e. The zero-order valence-corrected chi connectivity index (χ0v) is 45.0. The Morgan fingerprint density at radius 1 is 0.526 bits per heavy atom. The second-order valence-electron chi connectivity index (χ2n) is 21.0. The third-order valence-electron chi connectivity index (χ3n) is 15.5. The number of piperidine rings is 2. The fraction of sp³-hybridized carbons (Fsp3) is 0.552. The average Bonchev–Trinajstić information content (AvgIpc) is 3.39. The number of esters is 2. The average molecular weight is 1070 g/mol. The molecule has 2 fully saturated rings. The minimum Gasteiger partial charge on any atom is -0.493 e. The molecule has 8 atom stereocenters. The lowest BCUT2D eigenvalue weighted by Gasteiger charge is -2.47. The van der Waals surface area contributed by atoms with Crippen LogP contribution in [0.25, 0.3) is 0 Å². The molecular weight excluding hydrogens is 999 g/mol. The van der Waals surface area contributed by atoms with Crippen LogP contribution in [0.5, 0.6) is 23.0 Å². The summed E-state index contributed by atoms with van der Waals surface area (Å²) in [6.45, 7) is 11.1. The molecule has 18 heteroatoms. The number of ether oxygens (including phenoxy) is 8. The Morgan fingerprint density at radius 3 is 1.14 bits per heavy atom. The maximum atomic E-state index is 14.5. The Labute approximate surface area is 442 Å². The van der Waals surface area contributed by atoms with Crippen LogP contribution >= 0.6 is 0 Å². The van der Waals surface area contributed by atoms with E-state index in [4.69, 9.17) is 37.9 Å². The summed E-state index contributed by atoms with van der Waals surface area (Å²) in [5.74, 6) is -0.0974. The fourth-order valence-electron chi connectivity index (χ4n) is 12.0. The van der Waals surface area contributed by atoms with Gasteiger partial charge >= 0.3 is 24.3 Å².